The minimum Gasteiger partial charge on any atom is -0.394 e. The van der Waals surface area contributed by atoms with Crippen LogP contribution >= 0.6 is 0 Å². The third-order valence-corrected chi connectivity index (χ3v) is 3.59. The van der Waals surface area contributed by atoms with E-state index in [2.05, 4.69) is 28.9 Å². The average molecular weight is 237 g/mol. The molecule has 2 N–H and O–H groups in total. The van der Waals surface area contributed by atoms with E-state index in [1.807, 2.05) is 13.2 Å². The lowest BCUT2D eigenvalue weighted by atomic mass is 10.2. The largest absolute Gasteiger partial charge is 0.394 e. The first kappa shape index (κ1) is 12.2. The van der Waals surface area contributed by atoms with Gasteiger partial charge in [-0.2, -0.15) is 5.10 Å². The zero-order valence-electron chi connectivity index (χ0n) is 11.1. The topological polar surface area (TPSA) is 50.3 Å². The summed E-state index contributed by atoms with van der Waals surface area (Å²) >= 11 is 0. The second-order valence-corrected chi connectivity index (χ2v) is 4.89. The fourth-order valence-electron chi connectivity index (χ4n) is 2.71. The van der Waals surface area contributed by atoms with Crippen LogP contribution in [-0.2, 0) is 7.05 Å². The molecule has 1 atom stereocenters. The van der Waals surface area contributed by atoms with Crippen LogP contribution in [-0.4, -0.2) is 47.4 Å². The van der Waals surface area contributed by atoms with Gasteiger partial charge in [0, 0.05) is 32.9 Å². The van der Waals surface area contributed by atoms with E-state index in [1.54, 1.807) is 4.68 Å². The number of nitrogens with zero attached hydrogens (tertiary/aromatic N) is 4. The van der Waals surface area contributed by atoms with Crippen molar-refractivity contribution in [1.29, 1.82) is 0 Å². The van der Waals surface area contributed by atoms with E-state index in [-0.39, 0.29) is 0 Å². The number of nitrogens with two attached hydrogens (primary N) is 1. The maximum Gasteiger partial charge on any atom is 0.173 e. The lowest BCUT2D eigenvalue weighted by molar-refractivity contribution is 0.270. The first-order valence-electron chi connectivity index (χ1n) is 6.36. The predicted octanol–water partition coefficient (Wildman–Crippen LogP) is 0.923. The van der Waals surface area contributed by atoms with E-state index in [1.165, 1.54) is 19.4 Å². The SMILES string of the molecule is CCN1CCCC1CN(C)c1nn(C)cc1N. The molecule has 1 aliphatic rings. The molecule has 1 saturated heterocycles. The fourth-order valence-corrected chi connectivity index (χ4v) is 2.71. The van der Waals surface area contributed by atoms with Gasteiger partial charge in [0.05, 0.1) is 5.69 Å². The van der Waals surface area contributed by atoms with Crippen molar-refractivity contribution in [1.82, 2.24) is 14.7 Å². The van der Waals surface area contributed by atoms with Gasteiger partial charge in [0.1, 0.15) is 0 Å². The Hall–Kier alpha value is -1.23. The Labute approximate surface area is 103 Å². The lowest BCUT2D eigenvalue weighted by Crippen LogP contribution is -2.39. The summed E-state index contributed by atoms with van der Waals surface area (Å²) in [6, 6.07) is 0.645. The highest BCUT2D eigenvalue weighted by Gasteiger charge is 2.25. The Kier molecular flexibility index (Phi) is 3.57. The van der Waals surface area contributed by atoms with Crippen LogP contribution in [0.1, 0.15) is 19.8 Å². The molecule has 0 aliphatic carbocycles. The molecule has 5 nitrogen and oxygen atoms in total. The van der Waals surface area contributed by atoms with Crippen molar-refractivity contribution >= 4 is 11.5 Å². The van der Waals surface area contributed by atoms with E-state index in [0.29, 0.717) is 6.04 Å². The number of likely N-dealkylation sites (tertiary alicyclic amines) is 1. The number of rotatable bonds is 4. The Bertz CT molecular complexity index is 373. The number of likely N-dealkylation sites (N-methyl/N-ethyl adjacent to an activating group) is 2. The van der Waals surface area contributed by atoms with E-state index < -0.39 is 0 Å². The predicted molar refractivity (Wildman–Crippen MR) is 71.2 cm³/mol. The number of hydrogen-bond acceptors (Lipinski definition) is 4. The number of hydrogen-bond donors (Lipinski definition) is 1. The number of nitrogen functional groups attached to an aromatic ring is 1. The Morgan fingerprint density at radius 3 is 2.94 bits per heavy atom. The summed E-state index contributed by atoms with van der Waals surface area (Å²) < 4.78 is 1.77. The first-order valence-corrected chi connectivity index (χ1v) is 6.36. The molecule has 2 rings (SSSR count). The molecule has 0 amide bonds. The van der Waals surface area contributed by atoms with Crippen molar-refractivity contribution in [3.8, 4) is 0 Å². The van der Waals surface area contributed by atoms with Crippen LogP contribution in [0.5, 0.6) is 0 Å². The summed E-state index contributed by atoms with van der Waals surface area (Å²) in [5, 5.41) is 4.40. The molecule has 1 unspecified atom stereocenters. The van der Waals surface area contributed by atoms with E-state index >= 15 is 0 Å². The molecule has 1 fully saturated rings. The van der Waals surface area contributed by atoms with Crippen LogP contribution in [0.15, 0.2) is 6.20 Å². The Balaban J connectivity index is 2.01. The third kappa shape index (κ3) is 2.54. The highest BCUT2D eigenvalue weighted by Crippen LogP contribution is 2.23. The number of aromatic nitrogens is 2. The molecule has 5 heteroatoms. The molecule has 2 heterocycles. The Morgan fingerprint density at radius 2 is 2.35 bits per heavy atom. The summed E-state index contributed by atoms with van der Waals surface area (Å²) in [6.45, 7) is 5.60. The van der Waals surface area contributed by atoms with Crippen LogP contribution in [0.3, 0.4) is 0 Å². The van der Waals surface area contributed by atoms with Gasteiger partial charge in [0.2, 0.25) is 0 Å². The van der Waals surface area contributed by atoms with Gasteiger partial charge in [-0.25, -0.2) is 0 Å². The van der Waals surface area contributed by atoms with Gasteiger partial charge >= 0.3 is 0 Å². The molecule has 0 saturated carbocycles. The summed E-state index contributed by atoms with van der Waals surface area (Å²) in [6.07, 6.45) is 4.45. The highest BCUT2D eigenvalue weighted by atomic mass is 15.3. The summed E-state index contributed by atoms with van der Waals surface area (Å²) in [5.41, 5.74) is 6.71. The average Bonchev–Trinajstić information content (AvgIpc) is 2.84. The molecular weight excluding hydrogens is 214 g/mol. The molecule has 0 aromatic carbocycles. The van der Waals surface area contributed by atoms with E-state index in [9.17, 15) is 0 Å². The second kappa shape index (κ2) is 4.96. The molecule has 1 aromatic rings. The maximum absolute atomic E-state index is 5.95. The Morgan fingerprint density at radius 1 is 1.59 bits per heavy atom. The molecule has 96 valence electrons. The van der Waals surface area contributed by atoms with Gasteiger partial charge in [-0.15, -0.1) is 0 Å². The van der Waals surface area contributed by atoms with Gasteiger partial charge in [-0.05, 0) is 25.9 Å². The zero-order chi connectivity index (χ0) is 12.4. The zero-order valence-corrected chi connectivity index (χ0v) is 11.1. The minimum absolute atomic E-state index is 0.645. The molecule has 0 spiro atoms. The molecule has 1 aromatic heterocycles. The monoisotopic (exact) mass is 237 g/mol. The highest BCUT2D eigenvalue weighted by molar-refractivity contribution is 5.61. The van der Waals surface area contributed by atoms with Gasteiger partial charge in [-0.1, -0.05) is 6.92 Å². The van der Waals surface area contributed by atoms with Crippen LogP contribution in [0, 0.1) is 0 Å². The van der Waals surface area contributed by atoms with Crippen LogP contribution in [0.2, 0.25) is 0 Å². The van der Waals surface area contributed by atoms with Crippen LogP contribution in [0.25, 0.3) is 0 Å². The second-order valence-electron chi connectivity index (χ2n) is 4.89. The van der Waals surface area contributed by atoms with Crippen LogP contribution < -0.4 is 10.6 Å². The first-order chi connectivity index (χ1) is 8.11. The summed E-state index contributed by atoms with van der Waals surface area (Å²) in [7, 11) is 3.98. The lowest BCUT2D eigenvalue weighted by Gasteiger charge is -2.27. The smallest absolute Gasteiger partial charge is 0.173 e. The minimum atomic E-state index is 0.645. The van der Waals surface area contributed by atoms with Crippen molar-refractivity contribution in [3.63, 3.8) is 0 Å². The van der Waals surface area contributed by atoms with Gasteiger partial charge in [0.25, 0.3) is 0 Å². The number of anilines is 2. The van der Waals surface area contributed by atoms with E-state index in [0.717, 1.165) is 24.6 Å². The molecule has 17 heavy (non-hydrogen) atoms. The van der Waals surface area contributed by atoms with Gasteiger partial charge in [0.15, 0.2) is 5.82 Å². The third-order valence-electron chi connectivity index (χ3n) is 3.59. The summed E-state index contributed by atoms with van der Waals surface area (Å²) in [4.78, 5) is 4.71. The summed E-state index contributed by atoms with van der Waals surface area (Å²) in [5.74, 6) is 0.899. The van der Waals surface area contributed by atoms with Crippen molar-refractivity contribution in [2.75, 3.05) is 37.3 Å². The normalized spacial score (nSPS) is 21.0. The van der Waals surface area contributed by atoms with Gasteiger partial charge < -0.3 is 10.6 Å². The molecule has 0 radical (unpaired) electrons. The fraction of sp³-hybridized carbons (Fsp3) is 0.750. The van der Waals surface area contributed by atoms with Crippen LogP contribution in [0.4, 0.5) is 11.5 Å². The maximum atomic E-state index is 5.95. The van der Waals surface area contributed by atoms with Crippen molar-refractivity contribution in [2.24, 2.45) is 7.05 Å². The van der Waals surface area contributed by atoms with Gasteiger partial charge in [-0.3, -0.25) is 9.58 Å². The quantitative estimate of drug-likeness (QED) is 0.846. The molecule has 1 aliphatic heterocycles. The van der Waals surface area contributed by atoms with Crippen molar-refractivity contribution in [3.05, 3.63) is 6.20 Å². The van der Waals surface area contributed by atoms with E-state index in [4.69, 9.17) is 5.73 Å². The molecular formula is C12H23N5. The standard InChI is InChI=1S/C12H23N5/c1-4-17-7-5-6-10(17)8-15(2)12-11(13)9-16(3)14-12/h9-10H,4-8,13H2,1-3H3. The number of aryl methyl sites for hydroxylation is 1. The van der Waals surface area contributed by atoms with Crippen molar-refractivity contribution in [2.45, 2.75) is 25.8 Å². The van der Waals surface area contributed by atoms with Crippen molar-refractivity contribution < 1.29 is 0 Å². The molecule has 0 bridgehead atoms.